The van der Waals surface area contributed by atoms with Crippen LogP contribution in [0.2, 0.25) is 0 Å². The van der Waals surface area contributed by atoms with E-state index in [4.69, 9.17) is 11.5 Å². The average Bonchev–Trinajstić information content (AvgIpc) is 2.08. The van der Waals surface area contributed by atoms with Gasteiger partial charge in [-0.05, 0) is 19.8 Å². The Labute approximate surface area is 91.2 Å². The fourth-order valence-corrected chi connectivity index (χ4v) is 1.65. The molecule has 14 heavy (non-hydrogen) atoms. The van der Waals surface area contributed by atoms with Crippen LogP contribution in [0.4, 0.5) is 0 Å². The van der Waals surface area contributed by atoms with Gasteiger partial charge in [-0.3, -0.25) is 4.79 Å². The van der Waals surface area contributed by atoms with Crippen molar-refractivity contribution in [2.75, 3.05) is 0 Å². The van der Waals surface area contributed by atoms with Gasteiger partial charge < -0.3 is 16.8 Å². The molecular formula is C9H20ClN3O. The van der Waals surface area contributed by atoms with Gasteiger partial charge in [0, 0.05) is 12.1 Å². The van der Waals surface area contributed by atoms with E-state index in [1.807, 2.05) is 0 Å². The zero-order valence-electron chi connectivity index (χ0n) is 8.53. The lowest BCUT2D eigenvalue weighted by atomic mass is 9.91. The molecule has 1 aliphatic carbocycles. The summed E-state index contributed by atoms with van der Waals surface area (Å²) >= 11 is 0. The van der Waals surface area contributed by atoms with Crippen LogP contribution in [0.25, 0.3) is 0 Å². The summed E-state index contributed by atoms with van der Waals surface area (Å²) in [4.78, 5) is 11.3. The second-order valence-electron chi connectivity index (χ2n) is 3.85. The first-order valence-corrected chi connectivity index (χ1v) is 4.93. The number of carbonyl (C=O) groups is 1. The van der Waals surface area contributed by atoms with Crippen molar-refractivity contribution in [2.45, 2.75) is 50.7 Å². The maximum Gasteiger partial charge on any atom is 0.236 e. The Morgan fingerprint density at radius 2 is 2.00 bits per heavy atom. The van der Waals surface area contributed by atoms with Gasteiger partial charge in [0.15, 0.2) is 0 Å². The predicted octanol–water partition coefficient (Wildman–Crippen LogP) is 0.142. The predicted molar refractivity (Wildman–Crippen MR) is 59.3 cm³/mol. The Hall–Kier alpha value is -0.320. The van der Waals surface area contributed by atoms with Crippen molar-refractivity contribution in [1.82, 2.24) is 5.32 Å². The molecule has 3 atom stereocenters. The minimum absolute atomic E-state index is 0. The maximum absolute atomic E-state index is 11.3. The summed E-state index contributed by atoms with van der Waals surface area (Å²) in [6.07, 6.45) is 4.31. The van der Waals surface area contributed by atoms with E-state index in [0.717, 1.165) is 19.3 Å². The van der Waals surface area contributed by atoms with E-state index in [1.54, 1.807) is 6.92 Å². The third-order valence-electron chi connectivity index (χ3n) is 2.56. The summed E-state index contributed by atoms with van der Waals surface area (Å²) in [5.41, 5.74) is 11.3. The molecule has 1 rings (SSSR count). The second kappa shape index (κ2) is 6.22. The summed E-state index contributed by atoms with van der Waals surface area (Å²) in [7, 11) is 0. The highest BCUT2D eigenvalue weighted by molar-refractivity contribution is 5.85. The molecule has 1 amide bonds. The SMILES string of the molecule is C[C@@H](N)C(=O)N[C@@H]1CCCC[C@H]1N.Cl. The molecule has 4 nitrogen and oxygen atoms in total. The highest BCUT2D eigenvalue weighted by atomic mass is 35.5. The zero-order valence-corrected chi connectivity index (χ0v) is 9.35. The van der Waals surface area contributed by atoms with E-state index in [0.29, 0.717) is 0 Å². The van der Waals surface area contributed by atoms with Crippen molar-refractivity contribution >= 4 is 18.3 Å². The van der Waals surface area contributed by atoms with Crippen LogP contribution in [0.15, 0.2) is 0 Å². The largest absolute Gasteiger partial charge is 0.350 e. The van der Waals surface area contributed by atoms with E-state index in [2.05, 4.69) is 5.32 Å². The molecule has 0 aliphatic heterocycles. The normalized spacial score (nSPS) is 28.8. The van der Waals surface area contributed by atoms with Gasteiger partial charge in [0.25, 0.3) is 0 Å². The van der Waals surface area contributed by atoms with E-state index in [9.17, 15) is 4.79 Å². The van der Waals surface area contributed by atoms with Gasteiger partial charge in [-0.2, -0.15) is 0 Å². The van der Waals surface area contributed by atoms with Crippen molar-refractivity contribution in [1.29, 1.82) is 0 Å². The summed E-state index contributed by atoms with van der Waals surface area (Å²) in [6.45, 7) is 1.68. The Morgan fingerprint density at radius 1 is 1.43 bits per heavy atom. The number of amides is 1. The third-order valence-corrected chi connectivity index (χ3v) is 2.56. The van der Waals surface area contributed by atoms with Crippen molar-refractivity contribution in [3.8, 4) is 0 Å². The first-order chi connectivity index (χ1) is 6.11. The zero-order chi connectivity index (χ0) is 9.84. The monoisotopic (exact) mass is 221 g/mol. The molecule has 1 saturated carbocycles. The van der Waals surface area contributed by atoms with Crippen LogP contribution in [0, 0.1) is 0 Å². The number of rotatable bonds is 2. The molecule has 0 bridgehead atoms. The van der Waals surface area contributed by atoms with Crippen molar-refractivity contribution in [3.63, 3.8) is 0 Å². The fourth-order valence-electron chi connectivity index (χ4n) is 1.65. The third kappa shape index (κ3) is 3.82. The van der Waals surface area contributed by atoms with Gasteiger partial charge >= 0.3 is 0 Å². The van der Waals surface area contributed by atoms with Crippen LogP contribution >= 0.6 is 12.4 Å². The molecule has 0 aromatic heterocycles. The Morgan fingerprint density at radius 3 is 2.50 bits per heavy atom. The molecule has 0 aromatic carbocycles. The minimum Gasteiger partial charge on any atom is -0.350 e. The molecule has 0 saturated heterocycles. The van der Waals surface area contributed by atoms with E-state index >= 15 is 0 Å². The van der Waals surface area contributed by atoms with Crippen LogP contribution in [-0.2, 0) is 4.79 Å². The minimum atomic E-state index is -0.436. The molecule has 0 heterocycles. The van der Waals surface area contributed by atoms with Gasteiger partial charge in [-0.1, -0.05) is 12.8 Å². The quantitative estimate of drug-likeness (QED) is 0.621. The molecule has 0 radical (unpaired) electrons. The van der Waals surface area contributed by atoms with Crippen LogP contribution < -0.4 is 16.8 Å². The number of nitrogens with one attached hydrogen (secondary N) is 1. The van der Waals surface area contributed by atoms with Crippen LogP contribution in [0.1, 0.15) is 32.6 Å². The van der Waals surface area contributed by atoms with Crippen molar-refractivity contribution in [2.24, 2.45) is 11.5 Å². The van der Waals surface area contributed by atoms with Gasteiger partial charge in [-0.15, -0.1) is 12.4 Å². The van der Waals surface area contributed by atoms with Crippen LogP contribution in [0.5, 0.6) is 0 Å². The molecule has 0 aromatic rings. The first kappa shape index (κ1) is 13.7. The summed E-state index contributed by atoms with van der Waals surface area (Å²) in [6, 6.07) is -0.196. The fraction of sp³-hybridized carbons (Fsp3) is 0.889. The molecule has 1 fully saturated rings. The standard InChI is InChI=1S/C9H19N3O.ClH/c1-6(10)9(13)12-8-5-3-2-4-7(8)11;/h6-8H,2-5,10-11H2,1H3,(H,12,13);1H/t6-,7-,8-;/m1./s1. The Balaban J connectivity index is 0.00000169. The number of carbonyl (C=O) groups excluding carboxylic acids is 1. The molecule has 5 heteroatoms. The lowest BCUT2D eigenvalue weighted by Gasteiger charge is -2.29. The summed E-state index contributed by atoms with van der Waals surface area (Å²) in [5, 5.41) is 2.88. The highest BCUT2D eigenvalue weighted by Gasteiger charge is 2.23. The van der Waals surface area contributed by atoms with Crippen LogP contribution in [-0.4, -0.2) is 24.0 Å². The van der Waals surface area contributed by atoms with Crippen LogP contribution in [0.3, 0.4) is 0 Å². The van der Waals surface area contributed by atoms with E-state index in [-0.39, 0.29) is 30.4 Å². The number of nitrogens with two attached hydrogens (primary N) is 2. The lowest BCUT2D eigenvalue weighted by molar-refractivity contribution is -0.123. The Bertz CT molecular complexity index is 187. The smallest absolute Gasteiger partial charge is 0.236 e. The second-order valence-corrected chi connectivity index (χ2v) is 3.85. The lowest BCUT2D eigenvalue weighted by Crippen LogP contribution is -2.52. The number of hydrogen-bond acceptors (Lipinski definition) is 3. The van der Waals surface area contributed by atoms with Crippen molar-refractivity contribution < 1.29 is 4.79 Å². The van der Waals surface area contributed by atoms with E-state index in [1.165, 1.54) is 6.42 Å². The molecule has 5 N–H and O–H groups in total. The molecule has 84 valence electrons. The van der Waals surface area contributed by atoms with Gasteiger partial charge in [0.2, 0.25) is 5.91 Å². The van der Waals surface area contributed by atoms with Gasteiger partial charge in [0.05, 0.1) is 6.04 Å². The summed E-state index contributed by atoms with van der Waals surface area (Å²) < 4.78 is 0. The average molecular weight is 222 g/mol. The topological polar surface area (TPSA) is 81.1 Å². The van der Waals surface area contributed by atoms with E-state index < -0.39 is 6.04 Å². The maximum atomic E-state index is 11.3. The first-order valence-electron chi connectivity index (χ1n) is 4.93. The van der Waals surface area contributed by atoms with Gasteiger partial charge in [-0.25, -0.2) is 0 Å². The molecule has 0 spiro atoms. The highest BCUT2D eigenvalue weighted by Crippen LogP contribution is 2.16. The molecule has 0 unspecified atom stereocenters. The van der Waals surface area contributed by atoms with Gasteiger partial charge in [0.1, 0.15) is 0 Å². The number of hydrogen-bond donors (Lipinski definition) is 3. The summed E-state index contributed by atoms with van der Waals surface area (Å²) in [5.74, 6) is -0.0950. The number of halogens is 1. The van der Waals surface area contributed by atoms with Crippen molar-refractivity contribution in [3.05, 3.63) is 0 Å². The Kier molecular flexibility index (Phi) is 6.08. The molecule has 1 aliphatic rings. The molecular weight excluding hydrogens is 202 g/mol.